The van der Waals surface area contributed by atoms with Gasteiger partial charge in [0.05, 0.1) is 13.2 Å². The number of allylic oxidation sites excluding steroid dienone is 1. The van der Waals surface area contributed by atoms with Gasteiger partial charge in [0.1, 0.15) is 6.33 Å². The molecular weight excluding hydrogens is 398 g/mol. The lowest BCUT2D eigenvalue weighted by Gasteiger charge is -2.59. The summed E-state index contributed by atoms with van der Waals surface area (Å²) >= 11 is 0. The molecule has 176 valence electrons. The van der Waals surface area contributed by atoms with Gasteiger partial charge in [0.2, 0.25) is 0 Å². The average Bonchev–Trinajstić information content (AvgIpc) is 3.09. The van der Waals surface area contributed by atoms with Crippen LogP contribution in [0, 0.1) is 22.7 Å². The zero-order valence-electron chi connectivity index (χ0n) is 20.6. The maximum atomic E-state index is 10.5. The Balaban J connectivity index is 1.45. The van der Waals surface area contributed by atoms with Crippen LogP contribution < -0.4 is 15.5 Å². The molecule has 2 aliphatic carbocycles. The van der Waals surface area contributed by atoms with Crippen molar-refractivity contribution in [3.63, 3.8) is 0 Å². The largest absolute Gasteiger partial charge is 0.389 e. The number of nitrogens with two attached hydrogens (primary N) is 1. The van der Waals surface area contributed by atoms with Crippen molar-refractivity contribution in [1.82, 2.24) is 9.97 Å². The fourth-order valence-corrected chi connectivity index (χ4v) is 6.87. The number of nitrogens with one attached hydrogen (secondary N) is 1. The van der Waals surface area contributed by atoms with Crippen LogP contribution in [0.1, 0.15) is 66.2 Å². The van der Waals surface area contributed by atoms with Gasteiger partial charge in [-0.2, -0.15) is 4.98 Å². The molecule has 1 aromatic rings. The van der Waals surface area contributed by atoms with Gasteiger partial charge in [-0.1, -0.05) is 39.0 Å². The number of aromatic nitrogens is 2. The van der Waals surface area contributed by atoms with Crippen LogP contribution in [0.5, 0.6) is 0 Å². The van der Waals surface area contributed by atoms with Crippen LogP contribution in [-0.2, 0) is 0 Å². The zero-order valence-corrected chi connectivity index (χ0v) is 20.6. The molecule has 32 heavy (non-hydrogen) atoms. The van der Waals surface area contributed by atoms with E-state index in [1.807, 2.05) is 0 Å². The number of nitrogens with zero attached hydrogens (tertiary/aromatic N) is 3. The van der Waals surface area contributed by atoms with Gasteiger partial charge in [0.15, 0.2) is 18.2 Å². The molecule has 1 aromatic heterocycles. The van der Waals surface area contributed by atoms with Crippen LogP contribution in [0.25, 0.3) is 0 Å². The SMILES string of the molecule is C=C1[C@H](O)CC[C@H]2[C@](C)(CC/C(C)=C/CN3C[NH+](C)c4ncnc(N)c43)[C@@H](C)CC[C@]12C. The third-order valence-electron chi connectivity index (χ3n) is 9.37. The van der Waals surface area contributed by atoms with E-state index in [1.54, 1.807) is 6.33 Å². The number of quaternary nitrogens is 1. The van der Waals surface area contributed by atoms with Gasteiger partial charge in [-0.25, -0.2) is 4.98 Å². The van der Waals surface area contributed by atoms with Gasteiger partial charge in [-0.15, -0.1) is 0 Å². The summed E-state index contributed by atoms with van der Waals surface area (Å²) in [6.07, 6.45) is 10.2. The monoisotopic (exact) mass is 440 g/mol. The lowest BCUT2D eigenvalue weighted by atomic mass is 9.46. The van der Waals surface area contributed by atoms with E-state index in [4.69, 9.17) is 5.73 Å². The number of aliphatic hydroxyl groups excluding tert-OH is 1. The minimum Gasteiger partial charge on any atom is -0.389 e. The van der Waals surface area contributed by atoms with Crippen molar-refractivity contribution >= 4 is 17.3 Å². The Morgan fingerprint density at radius 3 is 2.84 bits per heavy atom. The molecule has 4 rings (SSSR count). The minimum atomic E-state index is -0.324. The highest BCUT2D eigenvalue weighted by Gasteiger charge is 2.55. The first-order chi connectivity index (χ1) is 15.1. The van der Waals surface area contributed by atoms with Crippen LogP contribution in [-0.4, -0.2) is 41.4 Å². The first-order valence-electron chi connectivity index (χ1n) is 12.3. The molecule has 0 aromatic carbocycles. The summed E-state index contributed by atoms with van der Waals surface area (Å²) in [5.41, 5.74) is 10.0. The van der Waals surface area contributed by atoms with E-state index in [0.29, 0.717) is 17.7 Å². The highest BCUT2D eigenvalue weighted by molar-refractivity contribution is 5.73. The molecule has 6 heteroatoms. The number of nitrogen functional groups attached to an aromatic ring is 1. The molecule has 4 N–H and O–H groups in total. The quantitative estimate of drug-likeness (QED) is 0.611. The van der Waals surface area contributed by atoms with E-state index in [2.05, 4.69) is 62.3 Å². The fraction of sp³-hybridized carbons (Fsp3) is 0.692. The number of hydrogen-bond donors (Lipinski definition) is 3. The molecule has 3 aliphatic rings. The van der Waals surface area contributed by atoms with Gasteiger partial charge in [0, 0.05) is 6.54 Å². The molecule has 2 saturated carbocycles. The Bertz CT molecular complexity index is 913. The summed E-state index contributed by atoms with van der Waals surface area (Å²) in [5.74, 6) is 2.85. The number of fused-ring (bicyclic) bond motifs is 2. The van der Waals surface area contributed by atoms with Crippen molar-refractivity contribution in [2.24, 2.45) is 22.7 Å². The summed E-state index contributed by atoms with van der Waals surface area (Å²) in [7, 11) is 2.12. The second-order valence-corrected chi connectivity index (χ2v) is 11.2. The molecular formula is C26H42N5O+. The van der Waals surface area contributed by atoms with Crippen LogP contribution >= 0.6 is 0 Å². The molecule has 1 unspecified atom stereocenters. The Kier molecular flexibility index (Phi) is 6.14. The van der Waals surface area contributed by atoms with Gasteiger partial charge in [-0.05, 0) is 73.7 Å². The van der Waals surface area contributed by atoms with Crippen LogP contribution in [0.4, 0.5) is 17.3 Å². The number of aliphatic hydroxyl groups is 1. The fourth-order valence-electron chi connectivity index (χ4n) is 6.87. The Hall–Kier alpha value is -1.92. The van der Waals surface area contributed by atoms with E-state index in [1.165, 1.54) is 23.3 Å². The van der Waals surface area contributed by atoms with E-state index < -0.39 is 0 Å². The highest BCUT2D eigenvalue weighted by Crippen LogP contribution is 2.62. The summed E-state index contributed by atoms with van der Waals surface area (Å²) in [6, 6.07) is 0. The van der Waals surface area contributed by atoms with E-state index in [-0.39, 0.29) is 16.9 Å². The van der Waals surface area contributed by atoms with Crippen molar-refractivity contribution in [3.05, 3.63) is 30.1 Å². The summed E-state index contributed by atoms with van der Waals surface area (Å²) in [4.78, 5) is 12.2. The predicted molar refractivity (Wildman–Crippen MR) is 131 cm³/mol. The number of anilines is 2. The summed E-state index contributed by atoms with van der Waals surface area (Å²) in [5, 5.41) is 10.5. The van der Waals surface area contributed by atoms with Gasteiger partial charge >= 0.3 is 0 Å². The molecule has 6 nitrogen and oxygen atoms in total. The molecule has 6 atom stereocenters. The van der Waals surface area contributed by atoms with Crippen LogP contribution in [0.2, 0.25) is 0 Å². The predicted octanol–water partition coefficient (Wildman–Crippen LogP) is 3.48. The smallest absolute Gasteiger partial charge is 0.256 e. The lowest BCUT2D eigenvalue weighted by molar-refractivity contribution is -0.805. The topological polar surface area (TPSA) is 79.7 Å². The third-order valence-corrected chi connectivity index (χ3v) is 9.37. The van der Waals surface area contributed by atoms with Gasteiger partial charge < -0.3 is 15.7 Å². The molecule has 1 aliphatic heterocycles. The zero-order chi connectivity index (χ0) is 23.3. The van der Waals surface area contributed by atoms with Crippen LogP contribution in [0.15, 0.2) is 30.1 Å². The average molecular weight is 441 g/mol. The Morgan fingerprint density at radius 1 is 1.34 bits per heavy atom. The maximum absolute atomic E-state index is 10.5. The molecule has 0 spiro atoms. The first-order valence-corrected chi connectivity index (χ1v) is 12.3. The number of hydrogen-bond acceptors (Lipinski definition) is 5. The van der Waals surface area contributed by atoms with Crippen molar-refractivity contribution in [1.29, 1.82) is 0 Å². The second-order valence-electron chi connectivity index (χ2n) is 11.2. The molecule has 0 amide bonds. The normalized spacial score (nSPS) is 37.4. The Morgan fingerprint density at radius 2 is 2.09 bits per heavy atom. The third kappa shape index (κ3) is 3.75. The minimum absolute atomic E-state index is 0.0701. The second kappa shape index (κ2) is 8.45. The Labute approximate surface area is 193 Å². The summed E-state index contributed by atoms with van der Waals surface area (Å²) in [6.45, 7) is 15.6. The van der Waals surface area contributed by atoms with E-state index >= 15 is 0 Å². The van der Waals surface area contributed by atoms with E-state index in [9.17, 15) is 5.11 Å². The maximum Gasteiger partial charge on any atom is 0.256 e. The van der Waals surface area contributed by atoms with Gasteiger partial charge in [0.25, 0.3) is 5.82 Å². The van der Waals surface area contributed by atoms with E-state index in [0.717, 1.165) is 56.0 Å². The van der Waals surface area contributed by atoms with Crippen molar-refractivity contribution in [2.75, 3.05) is 30.9 Å². The van der Waals surface area contributed by atoms with Crippen LogP contribution in [0.3, 0.4) is 0 Å². The first kappa shape index (κ1) is 23.2. The molecule has 2 fully saturated rings. The molecule has 0 radical (unpaired) electrons. The highest BCUT2D eigenvalue weighted by atomic mass is 16.3. The van der Waals surface area contributed by atoms with Crippen molar-refractivity contribution in [2.45, 2.75) is 72.3 Å². The van der Waals surface area contributed by atoms with Crippen molar-refractivity contribution in [3.8, 4) is 0 Å². The summed E-state index contributed by atoms with van der Waals surface area (Å²) < 4.78 is 0. The van der Waals surface area contributed by atoms with Crippen molar-refractivity contribution < 1.29 is 10.0 Å². The molecule has 0 saturated heterocycles. The number of rotatable bonds is 5. The lowest BCUT2D eigenvalue weighted by Crippen LogP contribution is -3.03. The standard InChI is InChI=1S/C26H41N5O/c1-17(11-14-31-16-30(6)24-22(31)23(27)28-15-29-24)9-12-25(4)18(2)10-13-26(5)19(3)20(32)7-8-21(25)26/h11,15,18,20-21,32H,3,7-10,12-14,16H2,1-2,4-6H3,(H2,27,28,29)/p+1/b17-11+/t18-,20+,21-,25+,26+/m0/s1. The van der Waals surface area contributed by atoms with Gasteiger partial charge in [-0.3, -0.25) is 4.90 Å². The molecule has 2 heterocycles. The molecule has 0 bridgehead atoms.